The first-order valence-electron chi connectivity index (χ1n) is 5.53. The summed E-state index contributed by atoms with van der Waals surface area (Å²) in [7, 11) is 0. The summed E-state index contributed by atoms with van der Waals surface area (Å²) in [5.41, 5.74) is 1.80. The number of fused-ring (bicyclic) bond motifs is 1. The Hall–Kier alpha value is -1.39. The Bertz CT molecular complexity index is 788. The molecule has 2 nitrogen and oxygen atoms in total. The van der Waals surface area contributed by atoms with Crippen molar-refractivity contribution in [3.8, 4) is 10.4 Å². The van der Waals surface area contributed by atoms with Crippen molar-refractivity contribution in [1.82, 2.24) is 4.98 Å². The van der Waals surface area contributed by atoms with Crippen LogP contribution in [0.4, 0.5) is 0 Å². The van der Waals surface area contributed by atoms with Crippen LogP contribution in [0, 0.1) is 6.92 Å². The van der Waals surface area contributed by atoms with Crippen LogP contribution in [0.5, 0.6) is 0 Å². The Morgan fingerprint density at radius 2 is 2.00 bits per heavy atom. The van der Waals surface area contributed by atoms with Crippen molar-refractivity contribution >= 4 is 38.2 Å². The van der Waals surface area contributed by atoms with Gasteiger partial charge < -0.3 is 4.98 Å². The maximum Gasteiger partial charge on any atom is 0.249 e. The number of aromatic nitrogens is 1. The molecule has 0 saturated carbocycles. The molecule has 0 saturated heterocycles. The molecule has 0 amide bonds. The van der Waals surface area contributed by atoms with Crippen LogP contribution in [0.1, 0.15) is 4.88 Å². The van der Waals surface area contributed by atoms with Crippen molar-refractivity contribution in [2.24, 2.45) is 0 Å². The minimum atomic E-state index is -0.0640. The number of rotatable bonds is 1. The lowest BCUT2D eigenvalue weighted by atomic mass is 10.1. The third-order valence-electron chi connectivity index (χ3n) is 2.81. The molecule has 2 heterocycles. The smallest absolute Gasteiger partial charge is 0.249 e. The summed E-state index contributed by atoms with van der Waals surface area (Å²) >= 11 is 5.18. The number of benzene rings is 1. The van der Waals surface area contributed by atoms with Crippen LogP contribution in [0.2, 0.25) is 0 Å². The van der Waals surface area contributed by atoms with Crippen molar-refractivity contribution in [1.29, 1.82) is 0 Å². The monoisotopic (exact) mass is 319 g/mol. The molecule has 0 aliphatic carbocycles. The van der Waals surface area contributed by atoms with Crippen LogP contribution in [0.3, 0.4) is 0 Å². The lowest BCUT2D eigenvalue weighted by molar-refractivity contribution is 1.31. The Balaban J connectivity index is 2.40. The predicted molar refractivity (Wildman–Crippen MR) is 80.3 cm³/mol. The summed E-state index contributed by atoms with van der Waals surface area (Å²) in [6.45, 7) is 2.07. The van der Waals surface area contributed by atoms with Crippen LogP contribution in [0.15, 0.2) is 45.7 Å². The van der Waals surface area contributed by atoms with Gasteiger partial charge in [-0.15, -0.1) is 11.3 Å². The van der Waals surface area contributed by atoms with Gasteiger partial charge in [0, 0.05) is 36.8 Å². The number of hydrogen-bond donors (Lipinski definition) is 1. The number of aryl methyl sites for hydroxylation is 1. The van der Waals surface area contributed by atoms with Gasteiger partial charge in [0.15, 0.2) is 0 Å². The van der Waals surface area contributed by atoms with E-state index >= 15 is 0 Å². The molecule has 2 aromatic heterocycles. The number of nitrogens with one attached hydrogen (secondary N) is 1. The highest BCUT2D eigenvalue weighted by Gasteiger charge is 2.08. The highest BCUT2D eigenvalue weighted by Crippen LogP contribution is 2.32. The number of halogens is 1. The van der Waals surface area contributed by atoms with Gasteiger partial charge in [0.1, 0.15) is 0 Å². The van der Waals surface area contributed by atoms with Crippen molar-refractivity contribution < 1.29 is 0 Å². The van der Waals surface area contributed by atoms with E-state index in [9.17, 15) is 4.79 Å². The third-order valence-corrected chi connectivity index (χ3v) is 4.34. The molecule has 0 spiro atoms. The number of thiophene rings is 1. The van der Waals surface area contributed by atoms with Crippen molar-refractivity contribution in [3.63, 3.8) is 0 Å². The number of hydrogen-bond acceptors (Lipinski definition) is 2. The molecule has 0 fully saturated rings. The third kappa shape index (κ3) is 2.02. The van der Waals surface area contributed by atoms with E-state index in [0.29, 0.717) is 0 Å². The zero-order chi connectivity index (χ0) is 12.7. The maximum absolute atomic E-state index is 11.7. The summed E-state index contributed by atoms with van der Waals surface area (Å²) in [6.07, 6.45) is 0. The normalized spacial score (nSPS) is 11.0. The predicted octanol–water partition coefficient (Wildman–Crippen LogP) is 4.33. The molecule has 1 N–H and O–H groups in total. The summed E-state index contributed by atoms with van der Waals surface area (Å²) in [5.74, 6) is 0. The number of aromatic amines is 1. The molecule has 0 aliphatic rings. The van der Waals surface area contributed by atoms with Crippen molar-refractivity contribution in [2.45, 2.75) is 6.92 Å². The molecule has 3 rings (SSSR count). The topological polar surface area (TPSA) is 32.9 Å². The number of pyridine rings is 1. The molecular weight excluding hydrogens is 310 g/mol. The van der Waals surface area contributed by atoms with Crippen molar-refractivity contribution in [3.05, 3.63) is 56.1 Å². The molecule has 90 valence electrons. The number of H-pyrrole nitrogens is 1. The van der Waals surface area contributed by atoms with Gasteiger partial charge in [-0.05, 0) is 37.3 Å². The van der Waals surface area contributed by atoms with Gasteiger partial charge in [-0.3, -0.25) is 4.79 Å². The van der Waals surface area contributed by atoms with E-state index in [0.717, 1.165) is 25.8 Å². The highest BCUT2D eigenvalue weighted by molar-refractivity contribution is 9.10. The van der Waals surface area contributed by atoms with Gasteiger partial charge in [0.25, 0.3) is 0 Å². The maximum atomic E-state index is 11.7. The van der Waals surface area contributed by atoms with E-state index in [4.69, 9.17) is 0 Å². The molecule has 0 unspecified atom stereocenters. The Kier molecular flexibility index (Phi) is 2.84. The lowest BCUT2D eigenvalue weighted by Gasteiger charge is -2.04. The highest BCUT2D eigenvalue weighted by atomic mass is 79.9. The van der Waals surface area contributed by atoms with Crippen LogP contribution >= 0.6 is 27.3 Å². The van der Waals surface area contributed by atoms with Gasteiger partial charge in [-0.1, -0.05) is 15.9 Å². The van der Waals surface area contributed by atoms with E-state index in [1.54, 1.807) is 17.4 Å². The van der Waals surface area contributed by atoms with Crippen LogP contribution in [-0.4, -0.2) is 4.98 Å². The molecule has 1 aromatic carbocycles. The Morgan fingerprint density at radius 3 is 2.72 bits per heavy atom. The zero-order valence-electron chi connectivity index (χ0n) is 9.66. The van der Waals surface area contributed by atoms with Gasteiger partial charge in [-0.25, -0.2) is 0 Å². The fraction of sp³-hybridized carbons (Fsp3) is 0.0714. The summed E-state index contributed by atoms with van der Waals surface area (Å²) in [5, 5.41) is 1.06. The molecule has 0 bridgehead atoms. The molecule has 0 radical (unpaired) electrons. The standard InChI is InChI=1S/C14H10BrNOS/c1-8-2-5-13(18-8)11-7-14(17)16-12-4-3-9(15)6-10(11)12/h2-7H,1H3,(H,16,17). The van der Waals surface area contributed by atoms with Gasteiger partial charge in [0.2, 0.25) is 5.56 Å². The van der Waals surface area contributed by atoms with E-state index in [-0.39, 0.29) is 5.56 Å². The van der Waals surface area contributed by atoms with E-state index < -0.39 is 0 Å². The Labute approximate surface area is 116 Å². The summed E-state index contributed by atoms with van der Waals surface area (Å²) < 4.78 is 1.01. The molecule has 18 heavy (non-hydrogen) atoms. The Morgan fingerprint density at radius 1 is 1.17 bits per heavy atom. The second-order valence-electron chi connectivity index (χ2n) is 4.15. The quantitative estimate of drug-likeness (QED) is 0.711. The summed E-state index contributed by atoms with van der Waals surface area (Å²) in [6, 6.07) is 11.7. The van der Waals surface area contributed by atoms with E-state index in [1.165, 1.54) is 4.88 Å². The van der Waals surface area contributed by atoms with Gasteiger partial charge in [0.05, 0.1) is 0 Å². The fourth-order valence-corrected chi connectivity index (χ4v) is 3.27. The first-order valence-corrected chi connectivity index (χ1v) is 7.14. The summed E-state index contributed by atoms with van der Waals surface area (Å²) in [4.78, 5) is 16.9. The first kappa shape index (κ1) is 11.7. The van der Waals surface area contributed by atoms with E-state index in [2.05, 4.69) is 40.0 Å². The van der Waals surface area contributed by atoms with Crippen LogP contribution < -0.4 is 5.56 Å². The largest absolute Gasteiger partial charge is 0.322 e. The second-order valence-corrected chi connectivity index (χ2v) is 6.35. The zero-order valence-corrected chi connectivity index (χ0v) is 12.1. The van der Waals surface area contributed by atoms with Gasteiger partial charge in [-0.2, -0.15) is 0 Å². The SMILES string of the molecule is Cc1ccc(-c2cc(=O)[nH]c3ccc(Br)cc23)s1. The minimum Gasteiger partial charge on any atom is -0.322 e. The van der Waals surface area contributed by atoms with Crippen LogP contribution in [-0.2, 0) is 0 Å². The van der Waals surface area contributed by atoms with Crippen LogP contribution in [0.25, 0.3) is 21.3 Å². The fourth-order valence-electron chi connectivity index (χ4n) is 2.01. The average Bonchev–Trinajstić information content (AvgIpc) is 2.75. The lowest BCUT2D eigenvalue weighted by Crippen LogP contribution is -2.04. The molecule has 4 heteroatoms. The van der Waals surface area contributed by atoms with E-state index in [1.807, 2.05) is 18.2 Å². The molecule has 0 atom stereocenters. The van der Waals surface area contributed by atoms with Crippen molar-refractivity contribution in [2.75, 3.05) is 0 Å². The first-order chi connectivity index (χ1) is 8.63. The van der Waals surface area contributed by atoms with Gasteiger partial charge >= 0.3 is 0 Å². The molecule has 3 aromatic rings. The second kappa shape index (κ2) is 4.37. The molecular formula is C14H10BrNOS. The minimum absolute atomic E-state index is 0.0640. The molecule has 0 aliphatic heterocycles. The average molecular weight is 320 g/mol.